The fraction of sp³-hybridized carbons (Fsp3) is 0.179. The van der Waals surface area contributed by atoms with E-state index in [2.05, 4.69) is 10.3 Å². The topological polar surface area (TPSA) is 71.5 Å². The molecule has 3 aromatic carbocycles. The van der Waals surface area contributed by atoms with E-state index in [1.807, 2.05) is 91.9 Å². The number of esters is 1. The number of rotatable bonds is 6. The zero-order valence-corrected chi connectivity index (χ0v) is 21.1. The highest BCUT2D eigenvalue weighted by Crippen LogP contribution is 2.43. The molecule has 0 bridgehead atoms. The number of aromatic nitrogens is 1. The van der Waals surface area contributed by atoms with Crippen LogP contribution in [0.1, 0.15) is 24.2 Å². The molecule has 6 nitrogen and oxygen atoms in total. The van der Waals surface area contributed by atoms with E-state index in [1.165, 1.54) is 11.3 Å². The summed E-state index contributed by atoms with van der Waals surface area (Å²) in [4.78, 5) is 33.0. The van der Waals surface area contributed by atoms with Gasteiger partial charge in [0.15, 0.2) is 11.2 Å². The van der Waals surface area contributed by atoms with Crippen LogP contribution in [0.3, 0.4) is 0 Å². The molecule has 2 aliphatic rings. The van der Waals surface area contributed by atoms with Crippen LogP contribution in [0.15, 0.2) is 96.2 Å². The van der Waals surface area contributed by atoms with Gasteiger partial charge in [-0.1, -0.05) is 84.1 Å². The number of β-lactam (4-membered cyclic amide) rings is 1. The monoisotopic (exact) mass is 513 g/mol. The Morgan fingerprint density at radius 2 is 1.64 bits per heavy atom. The summed E-state index contributed by atoms with van der Waals surface area (Å²) in [7, 11) is 0. The third-order valence-corrected chi connectivity index (χ3v) is 8.75. The number of carbonyl (C=O) groups excluding carboxylic acids is 2. The highest BCUT2D eigenvalue weighted by Gasteiger charge is 2.54. The first kappa shape index (κ1) is 22.8. The standard InChI is InChI=1S/C28H23N3O3S2/c1-17-16-35-26-22(30-28-29-20-14-8-9-15-21(20)36-28)25(32)31(26)23(17)27(33)34-24(18-10-4-2-5-11-18)19-12-6-3-7-13-19/h2-15,22,24,26H,16H2,1H3,(H,29,30)/t22-,26?/m1/s1. The number of nitrogens with zero attached hydrogens (tertiary/aromatic N) is 2. The van der Waals surface area contributed by atoms with Crippen LogP contribution >= 0.6 is 23.1 Å². The molecule has 1 aromatic heterocycles. The van der Waals surface area contributed by atoms with Crippen LogP contribution in [0.5, 0.6) is 0 Å². The number of thioether (sulfide) groups is 1. The van der Waals surface area contributed by atoms with Crippen LogP contribution < -0.4 is 5.32 Å². The molecule has 3 heterocycles. The van der Waals surface area contributed by atoms with Gasteiger partial charge in [-0.05, 0) is 35.8 Å². The number of ether oxygens (including phenoxy) is 1. The first-order valence-corrected chi connectivity index (χ1v) is 13.5. The van der Waals surface area contributed by atoms with Crippen LogP contribution in [0.2, 0.25) is 0 Å². The number of anilines is 1. The molecule has 0 spiro atoms. The average molecular weight is 514 g/mol. The SMILES string of the molecule is CC1=C(C(=O)OC(c2ccccc2)c2ccccc2)N2C(=O)[C@@H](Nc3nc4ccccc4s3)C2SC1. The van der Waals surface area contributed by atoms with Gasteiger partial charge in [0.05, 0.1) is 10.2 Å². The minimum atomic E-state index is -0.568. The van der Waals surface area contributed by atoms with Gasteiger partial charge in [0.1, 0.15) is 17.1 Å². The Labute approximate surface area is 217 Å². The third kappa shape index (κ3) is 4.06. The van der Waals surface area contributed by atoms with Crippen molar-refractivity contribution in [1.82, 2.24) is 9.88 Å². The average Bonchev–Trinajstić information content (AvgIpc) is 3.34. The number of amides is 1. The molecule has 0 saturated carbocycles. The van der Waals surface area contributed by atoms with Gasteiger partial charge in [-0.2, -0.15) is 0 Å². The van der Waals surface area contributed by atoms with Crippen molar-refractivity contribution < 1.29 is 14.3 Å². The number of fused-ring (bicyclic) bond motifs is 2. The van der Waals surface area contributed by atoms with Gasteiger partial charge < -0.3 is 10.1 Å². The number of hydrogen-bond acceptors (Lipinski definition) is 7. The molecule has 8 heteroatoms. The predicted molar refractivity (Wildman–Crippen MR) is 144 cm³/mol. The molecule has 1 saturated heterocycles. The van der Waals surface area contributed by atoms with Crippen molar-refractivity contribution in [3.05, 3.63) is 107 Å². The zero-order chi connectivity index (χ0) is 24.6. The van der Waals surface area contributed by atoms with Gasteiger partial charge in [-0.15, -0.1) is 11.8 Å². The Kier molecular flexibility index (Phi) is 5.99. The molecular weight excluding hydrogens is 490 g/mol. The normalized spacial score (nSPS) is 19.3. The Morgan fingerprint density at radius 1 is 1.00 bits per heavy atom. The molecule has 36 heavy (non-hydrogen) atoms. The van der Waals surface area contributed by atoms with Gasteiger partial charge >= 0.3 is 5.97 Å². The minimum Gasteiger partial charge on any atom is -0.448 e. The van der Waals surface area contributed by atoms with Crippen molar-refractivity contribution in [3.63, 3.8) is 0 Å². The second kappa shape index (κ2) is 9.44. The van der Waals surface area contributed by atoms with E-state index < -0.39 is 18.1 Å². The van der Waals surface area contributed by atoms with Gasteiger partial charge in [-0.25, -0.2) is 9.78 Å². The third-order valence-electron chi connectivity index (χ3n) is 6.35. The maximum absolute atomic E-state index is 13.6. The van der Waals surface area contributed by atoms with Crippen LogP contribution in [0.25, 0.3) is 10.2 Å². The molecule has 6 rings (SSSR count). The molecule has 1 fully saturated rings. The summed E-state index contributed by atoms with van der Waals surface area (Å²) in [6.07, 6.45) is -0.568. The number of benzene rings is 3. The minimum absolute atomic E-state index is 0.145. The molecule has 0 aliphatic carbocycles. The molecule has 4 aromatic rings. The van der Waals surface area contributed by atoms with E-state index in [1.54, 1.807) is 16.7 Å². The first-order chi connectivity index (χ1) is 17.6. The van der Waals surface area contributed by atoms with Crippen molar-refractivity contribution in [2.24, 2.45) is 0 Å². The lowest BCUT2D eigenvalue weighted by Crippen LogP contribution is -2.67. The molecule has 0 radical (unpaired) electrons. The van der Waals surface area contributed by atoms with Crippen LogP contribution in [0, 0.1) is 0 Å². The maximum Gasteiger partial charge on any atom is 0.356 e. The van der Waals surface area contributed by atoms with Crippen molar-refractivity contribution in [2.45, 2.75) is 24.4 Å². The number of thiazole rings is 1. The van der Waals surface area contributed by atoms with Crippen molar-refractivity contribution >= 4 is 50.3 Å². The zero-order valence-electron chi connectivity index (χ0n) is 19.5. The summed E-state index contributed by atoms with van der Waals surface area (Å²) in [5.41, 5.74) is 3.85. The number of hydrogen-bond donors (Lipinski definition) is 1. The first-order valence-electron chi connectivity index (χ1n) is 11.7. The largest absolute Gasteiger partial charge is 0.448 e. The van der Waals surface area contributed by atoms with E-state index >= 15 is 0 Å². The lowest BCUT2D eigenvalue weighted by Gasteiger charge is -2.49. The van der Waals surface area contributed by atoms with Gasteiger partial charge in [0, 0.05) is 5.75 Å². The van der Waals surface area contributed by atoms with Gasteiger partial charge in [-0.3, -0.25) is 9.69 Å². The Morgan fingerprint density at radius 3 is 2.31 bits per heavy atom. The summed E-state index contributed by atoms with van der Waals surface area (Å²) in [5.74, 6) is 0.0224. The summed E-state index contributed by atoms with van der Waals surface area (Å²) < 4.78 is 7.16. The van der Waals surface area contributed by atoms with Gasteiger partial charge in [0.2, 0.25) is 0 Å². The summed E-state index contributed by atoms with van der Waals surface area (Å²) in [6, 6.07) is 26.8. The van der Waals surface area contributed by atoms with E-state index in [4.69, 9.17) is 4.74 Å². The summed E-state index contributed by atoms with van der Waals surface area (Å²) in [6.45, 7) is 1.89. The van der Waals surface area contributed by atoms with Crippen LogP contribution in [0.4, 0.5) is 5.13 Å². The molecule has 1 amide bonds. The maximum atomic E-state index is 13.6. The quantitative estimate of drug-likeness (QED) is 0.267. The molecule has 2 aliphatic heterocycles. The molecular formula is C28H23N3O3S2. The Hall–Kier alpha value is -3.62. The van der Waals surface area contributed by atoms with E-state index in [0.29, 0.717) is 16.6 Å². The molecule has 180 valence electrons. The summed E-state index contributed by atoms with van der Waals surface area (Å²) >= 11 is 3.17. The highest BCUT2D eigenvalue weighted by atomic mass is 32.2. The van der Waals surface area contributed by atoms with Crippen molar-refractivity contribution in [1.29, 1.82) is 0 Å². The number of carbonyl (C=O) groups is 2. The lowest BCUT2D eigenvalue weighted by molar-refractivity contribution is -0.152. The Balaban J connectivity index is 1.24. The van der Waals surface area contributed by atoms with Crippen molar-refractivity contribution in [3.8, 4) is 0 Å². The Bertz CT molecular complexity index is 1400. The van der Waals surface area contributed by atoms with E-state index in [-0.39, 0.29) is 11.3 Å². The lowest BCUT2D eigenvalue weighted by atomic mass is 10.0. The second-order valence-electron chi connectivity index (χ2n) is 8.75. The summed E-state index contributed by atoms with van der Waals surface area (Å²) in [5, 5.41) is 3.82. The number of para-hydroxylation sites is 1. The fourth-order valence-corrected chi connectivity index (χ4v) is 6.77. The van der Waals surface area contributed by atoms with Crippen LogP contribution in [-0.4, -0.2) is 38.9 Å². The molecule has 1 unspecified atom stereocenters. The molecule has 1 N–H and O–H groups in total. The van der Waals surface area contributed by atoms with Crippen molar-refractivity contribution in [2.75, 3.05) is 11.1 Å². The highest BCUT2D eigenvalue weighted by molar-refractivity contribution is 8.00. The number of nitrogens with one attached hydrogen (secondary N) is 1. The predicted octanol–water partition coefficient (Wildman–Crippen LogP) is 5.60. The van der Waals surface area contributed by atoms with Gasteiger partial charge in [0.25, 0.3) is 5.91 Å². The molecule has 2 atom stereocenters. The second-order valence-corrected chi connectivity index (χ2v) is 10.9. The van der Waals surface area contributed by atoms with E-state index in [9.17, 15) is 9.59 Å². The smallest absolute Gasteiger partial charge is 0.356 e. The fourth-order valence-electron chi connectivity index (χ4n) is 4.58. The van der Waals surface area contributed by atoms with Crippen LogP contribution in [-0.2, 0) is 14.3 Å². The van der Waals surface area contributed by atoms with E-state index in [0.717, 1.165) is 26.9 Å².